The summed E-state index contributed by atoms with van der Waals surface area (Å²) in [5.41, 5.74) is 1.51. The summed E-state index contributed by atoms with van der Waals surface area (Å²) in [7, 11) is 1.60. The molecule has 3 heterocycles. The molecule has 0 radical (unpaired) electrons. The number of carbonyl (C=O) groups excluding carboxylic acids is 2. The second-order valence-corrected chi connectivity index (χ2v) is 6.62. The molecular weight excluding hydrogens is 332 g/mol. The molecule has 2 unspecified atom stereocenters. The van der Waals surface area contributed by atoms with Crippen molar-refractivity contribution in [3.05, 3.63) is 48.0 Å². The Morgan fingerprint density at radius 2 is 2.27 bits per heavy atom. The number of H-pyrrole nitrogens is 1. The van der Waals surface area contributed by atoms with Gasteiger partial charge in [0.2, 0.25) is 5.91 Å². The fourth-order valence-electron chi connectivity index (χ4n) is 3.32. The van der Waals surface area contributed by atoms with E-state index >= 15 is 0 Å². The second kappa shape index (κ2) is 8.03. The van der Waals surface area contributed by atoms with Gasteiger partial charge in [-0.25, -0.2) is 0 Å². The van der Waals surface area contributed by atoms with Gasteiger partial charge in [-0.05, 0) is 43.5 Å². The number of rotatable bonds is 6. The Balaban J connectivity index is 1.52. The van der Waals surface area contributed by atoms with Crippen LogP contribution < -0.4 is 10.1 Å². The Bertz CT molecular complexity index is 760. The highest BCUT2D eigenvalue weighted by molar-refractivity contribution is 5.92. The van der Waals surface area contributed by atoms with Gasteiger partial charge in [0.1, 0.15) is 11.4 Å². The number of ether oxygens (including phenoxy) is 1. The van der Waals surface area contributed by atoms with Crippen LogP contribution in [0.3, 0.4) is 0 Å². The Morgan fingerprint density at radius 3 is 3.00 bits per heavy atom. The lowest BCUT2D eigenvalue weighted by molar-refractivity contribution is -0.131. The van der Waals surface area contributed by atoms with Crippen molar-refractivity contribution in [2.75, 3.05) is 13.7 Å². The van der Waals surface area contributed by atoms with Crippen LogP contribution in [0.1, 0.15) is 35.8 Å². The molecule has 2 aromatic rings. The maximum atomic E-state index is 12.6. The summed E-state index contributed by atoms with van der Waals surface area (Å²) < 4.78 is 5.16. The minimum absolute atomic E-state index is 0.0248. The Labute approximate surface area is 152 Å². The van der Waals surface area contributed by atoms with E-state index in [1.54, 1.807) is 37.8 Å². The van der Waals surface area contributed by atoms with Crippen molar-refractivity contribution in [1.82, 2.24) is 20.2 Å². The van der Waals surface area contributed by atoms with Crippen LogP contribution in [-0.2, 0) is 11.2 Å². The molecule has 2 atom stereocenters. The molecular formula is C19H24N4O3. The van der Waals surface area contributed by atoms with E-state index < -0.39 is 0 Å². The number of amides is 2. The molecule has 26 heavy (non-hydrogen) atoms. The number of hydrogen-bond donors (Lipinski definition) is 2. The van der Waals surface area contributed by atoms with Crippen molar-refractivity contribution >= 4 is 11.8 Å². The Hall–Kier alpha value is -2.83. The molecule has 2 N–H and O–H groups in total. The number of hydrogen-bond acceptors (Lipinski definition) is 4. The van der Waals surface area contributed by atoms with Crippen molar-refractivity contribution < 1.29 is 14.3 Å². The molecule has 2 amide bonds. The second-order valence-electron chi connectivity index (χ2n) is 6.62. The lowest BCUT2D eigenvalue weighted by atomic mass is 10.1. The highest BCUT2D eigenvalue weighted by atomic mass is 16.5. The largest absolute Gasteiger partial charge is 0.495 e. The summed E-state index contributed by atoms with van der Waals surface area (Å²) >= 11 is 0. The van der Waals surface area contributed by atoms with Gasteiger partial charge in [-0.2, -0.15) is 0 Å². The summed E-state index contributed by atoms with van der Waals surface area (Å²) in [6.07, 6.45) is 6.91. The Kier molecular flexibility index (Phi) is 5.55. The lowest BCUT2D eigenvalue weighted by Crippen LogP contribution is -2.39. The summed E-state index contributed by atoms with van der Waals surface area (Å²) in [6.45, 7) is 2.56. The van der Waals surface area contributed by atoms with Crippen LogP contribution in [0.5, 0.6) is 5.75 Å². The third kappa shape index (κ3) is 4.22. The van der Waals surface area contributed by atoms with Gasteiger partial charge in [-0.1, -0.05) is 0 Å². The monoisotopic (exact) mass is 356 g/mol. The molecule has 1 aliphatic heterocycles. The van der Waals surface area contributed by atoms with E-state index in [0.717, 1.165) is 12.0 Å². The maximum Gasteiger partial charge on any atom is 0.267 e. The van der Waals surface area contributed by atoms with Crippen LogP contribution in [0.15, 0.2) is 36.8 Å². The van der Waals surface area contributed by atoms with E-state index in [4.69, 9.17) is 4.74 Å². The first-order valence-electron chi connectivity index (χ1n) is 8.78. The normalized spacial score (nSPS) is 19.4. The maximum absolute atomic E-state index is 12.6. The molecule has 7 heteroatoms. The zero-order valence-corrected chi connectivity index (χ0v) is 15.1. The number of pyridine rings is 1. The van der Waals surface area contributed by atoms with E-state index in [9.17, 15) is 9.59 Å². The fraction of sp³-hybridized carbons (Fsp3) is 0.421. The minimum atomic E-state index is -0.135. The fourth-order valence-corrected chi connectivity index (χ4v) is 3.32. The summed E-state index contributed by atoms with van der Waals surface area (Å²) in [4.78, 5) is 33.6. The number of aromatic nitrogens is 2. The van der Waals surface area contributed by atoms with Gasteiger partial charge in [0.25, 0.3) is 5.91 Å². The average Bonchev–Trinajstić information content (AvgIpc) is 3.30. The zero-order chi connectivity index (χ0) is 18.5. The van der Waals surface area contributed by atoms with Crippen molar-refractivity contribution in [3.8, 4) is 5.75 Å². The predicted octanol–water partition coefficient (Wildman–Crippen LogP) is 1.77. The minimum Gasteiger partial charge on any atom is -0.495 e. The van der Waals surface area contributed by atoms with E-state index in [1.807, 2.05) is 17.9 Å². The van der Waals surface area contributed by atoms with E-state index in [0.29, 0.717) is 30.8 Å². The molecule has 7 nitrogen and oxygen atoms in total. The summed E-state index contributed by atoms with van der Waals surface area (Å²) in [6, 6.07) is 5.50. The van der Waals surface area contributed by atoms with Crippen molar-refractivity contribution in [2.45, 2.75) is 38.3 Å². The Morgan fingerprint density at radius 1 is 1.42 bits per heavy atom. The predicted molar refractivity (Wildman–Crippen MR) is 96.9 cm³/mol. The molecule has 138 valence electrons. The van der Waals surface area contributed by atoms with Gasteiger partial charge in [0.15, 0.2) is 0 Å². The molecule has 1 aliphatic rings. The first kappa shape index (κ1) is 18.0. The molecule has 1 fully saturated rings. The van der Waals surface area contributed by atoms with Crippen molar-refractivity contribution in [2.24, 2.45) is 0 Å². The van der Waals surface area contributed by atoms with Gasteiger partial charge in [0, 0.05) is 37.4 Å². The van der Waals surface area contributed by atoms with Crippen LogP contribution in [-0.4, -0.2) is 52.4 Å². The summed E-state index contributed by atoms with van der Waals surface area (Å²) in [5.74, 6) is 0.650. The number of methoxy groups -OCH3 is 1. The average molecular weight is 356 g/mol. The van der Waals surface area contributed by atoms with Crippen LogP contribution in [0.4, 0.5) is 0 Å². The molecule has 0 saturated carbocycles. The first-order chi connectivity index (χ1) is 12.6. The van der Waals surface area contributed by atoms with Gasteiger partial charge in [-0.3, -0.25) is 14.6 Å². The highest BCUT2D eigenvalue weighted by Crippen LogP contribution is 2.20. The molecule has 1 saturated heterocycles. The molecule has 2 aromatic heterocycles. The third-order valence-corrected chi connectivity index (χ3v) is 4.71. The van der Waals surface area contributed by atoms with Crippen LogP contribution in [0, 0.1) is 0 Å². The molecule has 0 aliphatic carbocycles. The number of nitrogens with one attached hydrogen (secondary N) is 2. The van der Waals surface area contributed by atoms with E-state index in [-0.39, 0.29) is 23.9 Å². The van der Waals surface area contributed by atoms with Crippen LogP contribution >= 0.6 is 0 Å². The number of aryl methyl sites for hydroxylation is 1. The quantitative estimate of drug-likeness (QED) is 0.826. The van der Waals surface area contributed by atoms with E-state index in [1.165, 1.54) is 0 Å². The van der Waals surface area contributed by atoms with E-state index in [2.05, 4.69) is 15.3 Å². The number of aromatic amines is 1. The van der Waals surface area contributed by atoms with Crippen LogP contribution in [0.25, 0.3) is 0 Å². The molecule has 0 aromatic carbocycles. The number of nitrogens with zero attached hydrogens (tertiary/aromatic N) is 2. The van der Waals surface area contributed by atoms with Gasteiger partial charge >= 0.3 is 0 Å². The number of carbonyl (C=O) groups is 2. The van der Waals surface area contributed by atoms with Gasteiger partial charge in [-0.15, -0.1) is 0 Å². The van der Waals surface area contributed by atoms with Gasteiger partial charge < -0.3 is 19.9 Å². The smallest absolute Gasteiger partial charge is 0.267 e. The van der Waals surface area contributed by atoms with Crippen molar-refractivity contribution in [3.63, 3.8) is 0 Å². The SMILES string of the molecule is COc1cncc(CCC(=O)N2CC(NC(=O)c3ccc[nH]3)CC2C)c1. The molecule has 3 rings (SSSR count). The van der Waals surface area contributed by atoms with Crippen molar-refractivity contribution in [1.29, 1.82) is 0 Å². The number of likely N-dealkylation sites (tertiary alicyclic amines) is 1. The standard InChI is InChI=1S/C19H24N4O3/c1-13-8-15(22-19(25)17-4-3-7-21-17)12-23(13)18(24)6-5-14-9-16(26-2)11-20-10-14/h3-4,7,9-11,13,15,21H,5-6,8,12H2,1-2H3,(H,22,25). The zero-order valence-electron chi connectivity index (χ0n) is 15.1. The lowest BCUT2D eigenvalue weighted by Gasteiger charge is -2.21. The molecule has 0 bridgehead atoms. The van der Waals surface area contributed by atoms with Crippen LogP contribution in [0.2, 0.25) is 0 Å². The molecule has 0 spiro atoms. The third-order valence-electron chi connectivity index (χ3n) is 4.71. The topological polar surface area (TPSA) is 87.3 Å². The van der Waals surface area contributed by atoms with Gasteiger partial charge in [0.05, 0.1) is 13.3 Å². The highest BCUT2D eigenvalue weighted by Gasteiger charge is 2.33. The summed E-state index contributed by atoms with van der Waals surface area (Å²) in [5, 5.41) is 2.99. The first-order valence-corrected chi connectivity index (χ1v) is 8.78.